The van der Waals surface area contributed by atoms with Crippen LogP contribution in [-0.4, -0.2) is 0 Å². The molecule has 0 amide bonds. The molecule has 0 spiro atoms. The van der Waals surface area contributed by atoms with E-state index < -0.39 is 0 Å². The number of allylic oxidation sites excluding steroid dienone is 1. The highest BCUT2D eigenvalue weighted by molar-refractivity contribution is 5.47. The first-order valence-electron chi connectivity index (χ1n) is 4.87. The van der Waals surface area contributed by atoms with Gasteiger partial charge in [-0.1, -0.05) is 31.2 Å². The normalized spacial score (nSPS) is 16.3. The van der Waals surface area contributed by atoms with Gasteiger partial charge in [-0.25, -0.2) is 0 Å². The average molecular weight is 173 g/mol. The molecule has 1 fully saturated rings. The lowest BCUT2D eigenvalue weighted by Gasteiger charge is -2.28. The van der Waals surface area contributed by atoms with Gasteiger partial charge >= 0.3 is 0 Å². The molecule has 13 heavy (non-hydrogen) atoms. The molecule has 0 aliphatic heterocycles. The minimum atomic E-state index is 0.709. The smallest absolute Gasteiger partial charge is 0.0381 e. The third-order valence-corrected chi connectivity index (χ3v) is 2.68. The molecule has 0 heterocycles. The van der Waals surface area contributed by atoms with Gasteiger partial charge in [-0.3, -0.25) is 0 Å². The SMILES string of the molecule is C=C(Nc1ccccc1)C1CCC1. The van der Waals surface area contributed by atoms with E-state index in [4.69, 9.17) is 0 Å². The monoisotopic (exact) mass is 173 g/mol. The minimum absolute atomic E-state index is 0.709. The highest BCUT2D eigenvalue weighted by Gasteiger charge is 2.20. The van der Waals surface area contributed by atoms with Crippen LogP contribution in [0.3, 0.4) is 0 Å². The standard InChI is InChI=1S/C12H15N/c1-10(11-6-5-7-11)13-12-8-3-2-4-9-12/h2-4,8-9,11,13H,1,5-7H2. The molecule has 1 nitrogen and oxygen atoms in total. The lowest BCUT2D eigenvalue weighted by Crippen LogP contribution is -2.17. The zero-order valence-corrected chi connectivity index (χ0v) is 7.79. The minimum Gasteiger partial charge on any atom is -0.359 e. The van der Waals surface area contributed by atoms with E-state index in [9.17, 15) is 0 Å². The van der Waals surface area contributed by atoms with Crippen molar-refractivity contribution >= 4 is 5.69 Å². The maximum absolute atomic E-state index is 4.06. The summed E-state index contributed by atoms with van der Waals surface area (Å²) in [5.74, 6) is 0.709. The first-order valence-corrected chi connectivity index (χ1v) is 4.87. The van der Waals surface area contributed by atoms with Crippen LogP contribution in [0.5, 0.6) is 0 Å². The summed E-state index contributed by atoms with van der Waals surface area (Å²) >= 11 is 0. The molecule has 2 rings (SSSR count). The summed E-state index contributed by atoms with van der Waals surface area (Å²) < 4.78 is 0. The number of hydrogen-bond donors (Lipinski definition) is 1. The van der Waals surface area contributed by atoms with Crippen LogP contribution < -0.4 is 5.32 Å². The van der Waals surface area contributed by atoms with Gasteiger partial charge in [-0.2, -0.15) is 0 Å². The lowest BCUT2D eigenvalue weighted by molar-refractivity contribution is 0.371. The van der Waals surface area contributed by atoms with E-state index in [-0.39, 0.29) is 0 Å². The Hall–Kier alpha value is -1.24. The van der Waals surface area contributed by atoms with Crippen LogP contribution in [0, 0.1) is 5.92 Å². The van der Waals surface area contributed by atoms with Crippen LogP contribution in [-0.2, 0) is 0 Å². The number of nitrogens with one attached hydrogen (secondary N) is 1. The fourth-order valence-corrected chi connectivity index (χ4v) is 1.57. The maximum Gasteiger partial charge on any atom is 0.0381 e. The van der Waals surface area contributed by atoms with Crippen LogP contribution in [0.15, 0.2) is 42.6 Å². The van der Waals surface area contributed by atoms with Crippen molar-refractivity contribution in [3.8, 4) is 0 Å². The summed E-state index contributed by atoms with van der Waals surface area (Å²) in [6, 6.07) is 10.2. The maximum atomic E-state index is 4.06. The summed E-state index contributed by atoms with van der Waals surface area (Å²) in [6.45, 7) is 4.06. The fraction of sp³-hybridized carbons (Fsp3) is 0.333. The van der Waals surface area contributed by atoms with Gasteiger partial charge in [0.15, 0.2) is 0 Å². The summed E-state index contributed by atoms with van der Waals surface area (Å²) in [7, 11) is 0. The predicted octanol–water partition coefficient (Wildman–Crippen LogP) is 3.41. The molecule has 1 aromatic carbocycles. The average Bonchev–Trinajstić information content (AvgIpc) is 2.02. The van der Waals surface area contributed by atoms with Gasteiger partial charge < -0.3 is 5.32 Å². The lowest BCUT2D eigenvalue weighted by atomic mass is 9.83. The molecule has 0 aromatic heterocycles. The number of anilines is 1. The molecule has 68 valence electrons. The van der Waals surface area contributed by atoms with E-state index in [1.807, 2.05) is 18.2 Å². The van der Waals surface area contributed by atoms with Gasteiger partial charge in [0, 0.05) is 11.4 Å². The first-order chi connectivity index (χ1) is 6.36. The molecular weight excluding hydrogens is 158 g/mol. The molecule has 1 N–H and O–H groups in total. The second-order valence-corrected chi connectivity index (χ2v) is 3.64. The van der Waals surface area contributed by atoms with Crippen molar-refractivity contribution in [3.05, 3.63) is 42.6 Å². The van der Waals surface area contributed by atoms with Crippen LogP contribution >= 0.6 is 0 Å². The van der Waals surface area contributed by atoms with Gasteiger partial charge in [0.2, 0.25) is 0 Å². The van der Waals surface area contributed by atoms with Crippen LogP contribution in [0.2, 0.25) is 0 Å². The second-order valence-electron chi connectivity index (χ2n) is 3.64. The van der Waals surface area contributed by atoms with Gasteiger partial charge in [0.1, 0.15) is 0 Å². The molecule has 1 saturated carbocycles. The highest BCUT2D eigenvalue weighted by Crippen LogP contribution is 2.32. The Morgan fingerprint density at radius 3 is 2.46 bits per heavy atom. The topological polar surface area (TPSA) is 12.0 Å². The van der Waals surface area contributed by atoms with Gasteiger partial charge in [-0.15, -0.1) is 0 Å². The van der Waals surface area contributed by atoms with Gasteiger partial charge in [-0.05, 0) is 30.9 Å². The molecule has 0 saturated heterocycles. The van der Waals surface area contributed by atoms with Gasteiger partial charge in [0.05, 0.1) is 0 Å². The zero-order chi connectivity index (χ0) is 9.10. The number of benzene rings is 1. The molecule has 0 radical (unpaired) electrons. The van der Waals surface area contributed by atoms with Crippen LogP contribution in [0.1, 0.15) is 19.3 Å². The number of hydrogen-bond acceptors (Lipinski definition) is 1. The Labute approximate surface area is 79.5 Å². The van der Waals surface area contributed by atoms with E-state index in [1.54, 1.807) is 0 Å². The number of para-hydroxylation sites is 1. The predicted molar refractivity (Wildman–Crippen MR) is 56.5 cm³/mol. The zero-order valence-electron chi connectivity index (χ0n) is 7.79. The molecule has 0 atom stereocenters. The van der Waals surface area contributed by atoms with Crippen molar-refractivity contribution in [2.75, 3.05) is 5.32 Å². The van der Waals surface area contributed by atoms with E-state index in [2.05, 4.69) is 24.0 Å². The van der Waals surface area contributed by atoms with Crippen LogP contribution in [0.25, 0.3) is 0 Å². The van der Waals surface area contributed by atoms with Crippen LogP contribution in [0.4, 0.5) is 5.69 Å². The third-order valence-electron chi connectivity index (χ3n) is 2.68. The van der Waals surface area contributed by atoms with E-state index >= 15 is 0 Å². The van der Waals surface area contributed by atoms with E-state index in [0.29, 0.717) is 5.92 Å². The van der Waals surface area contributed by atoms with Crippen molar-refractivity contribution in [3.63, 3.8) is 0 Å². The van der Waals surface area contributed by atoms with Crippen molar-refractivity contribution in [1.29, 1.82) is 0 Å². The molecule has 1 aromatic rings. The summed E-state index contributed by atoms with van der Waals surface area (Å²) in [4.78, 5) is 0. The highest BCUT2D eigenvalue weighted by atomic mass is 14.9. The van der Waals surface area contributed by atoms with E-state index in [0.717, 1.165) is 5.69 Å². The van der Waals surface area contributed by atoms with Crippen molar-refractivity contribution in [2.24, 2.45) is 5.92 Å². The Balaban J connectivity index is 1.94. The molecule has 0 unspecified atom stereocenters. The molecule has 1 heteroatoms. The summed E-state index contributed by atoms with van der Waals surface area (Å²) in [5, 5.41) is 3.35. The largest absolute Gasteiger partial charge is 0.359 e. The quantitative estimate of drug-likeness (QED) is 0.738. The molecule has 0 bridgehead atoms. The first kappa shape index (κ1) is 8.36. The summed E-state index contributed by atoms with van der Waals surface area (Å²) in [6.07, 6.45) is 3.97. The van der Waals surface area contributed by atoms with Crippen molar-refractivity contribution in [1.82, 2.24) is 0 Å². The summed E-state index contributed by atoms with van der Waals surface area (Å²) in [5.41, 5.74) is 2.33. The van der Waals surface area contributed by atoms with Gasteiger partial charge in [0.25, 0.3) is 0 Å². The Morgan fingerprint density at radius 1 is 1.23 bits per heavy atom. The van der Waals surface area contributed by atoms with Crippen molar-refractivity contribution < 1.29 is 0 Å². The Bertz CT molecular complexity index is 285. The van der Waals surface area contributed by atoms with Crippen molar-refractivity contribution in [2.45, 2.75) is 19.3 Å². The van der Waals surface area contributed by atoms with E-state index in [1.165, 1.54) is 25.0 Å². The second kappa shape index (κ2) is 3.65. The Morgan fingerprint density at radius 2 is 1.92 bits per heavy atom. The molecule has 1 aliphatic rings. The third kappa shape index (κ3) is 1.92. The fourth-order valence-electron chi connectivity index (χ4n) is 1.57. The number of rotatable bonds is 3. The molecule has 1 aliphatic carbocycles. The molecular formula is C12H15N. The Kier molecular flexibility index (Phi) is 2.35.